The van der Waals surface area contributed by atoms with Crippen molar-refractivity contribution in [1.29, 1.82) is 0 Å². The Hall–Kier alpha value is -2.13. The van der Waals surface area contributed by atoms with Crippen LogP contribution in [0.5, 0.6) is 5.75 Å². The molecule has 180 valence electrons. The number of nitrogens with one attached hydrogen (secondary N) is 1. The van der Waals surface area contributed by atoms with Crippen molar-refractivity contribution in [3.05, 3.63) is 34.1 Å². The number of likely N-dealkylation sites (tertiary alicyclic amines) is 1. The minimum atomic E-state index is -0.642. The first-order valence-corrected chi connectivity index (χ1v) is 12.7. The highest BCUT2D eigenvalue weighted by Crippen LogP contribution is 2.35. The number of hydrogen-bond donors (Lipinski definition) is 2. The van der Waals surface area contributed by atoms with Crippen LogP contribution in [0.1, 0.15) is 58.2 Å². The van der Waals surface area contributed by atoms with E-state index in [1.54, 1.807) is 24.8 Å². The van der Waals surface area contributed by atoms with E-state index in [0.29, 0.717) is 53.7 Å². The monoisotopic (exact) mass is 477 g/mol. The third kappa shape index (κ3) is 6.06. The Bertz CT molecular complexity index is 1060. The lowest BCUT2D eigenvalue weighted by Crippen LogP contribution is -2.38. The number of piperidine rings is 1. The molecule has 2 heterocycles. The average Bonchev–Trinajstić information content (AvgIpc) is 2.76. The molecule has 2 aliphatic rings. The highest BCUT2D eigenvalue weighted by atomic mass is 32.2. The Kier molecular flexibility index (Phi) is 7.28. The topological polar surface area (TPSA) is 95.5 Å². The van der Waals surface area contributed by atoms with E-state index in [1.807, 2.05) is 11.8 Å². The number of nitrogens with zero attached hydrogens (tertiary/aromatic N) is 2. The molecule has 1 aromatic heterocycles. The molecule has 7 nitrogen and oxygen atoms in total. The van der Waals surface area contributed by atoms with Crippen molar-refractivity contribution in [2.75, 3.05) is 19.7 Å². The Morgan fingerprint density at radius 1 is 1.30 bits per heavy atom. The van der Waals surface area contributed by atoms with Crippen molar-refractivity contribution in [2.24, 2.45) is 5.92 Å². The predicted octanol–water partition coefficient (Wildman–Crippen LogP) is 3.63. The molecule has 9 heteroatoms. The fourth-order valence-electron chi connectivity index (χ4n) is 4.60. The number of fused-ring (bicyclic) bond motifs is 1. The first kappa shape index (κ1) is 24.0. The highest BCUT2D eigenvalue weighted by molar-refractivity contribution is 7.99. The fraction of sp³-hybridized carbons (Fsp3) is 0.625. The predicted molar refractivity (Wildman–Crippen MR) is 127 cm³/mol. The summed E-state index contributed by atoms with van der Waals surface area (Å²) < 4.78 is 20.5. The van der Waals surface area contributed by atoms with Crippen molar-refractivity contribution in [2.45, 2.75) is 69.0 Å². The highest BCUT2D eigenvalue weighted by Gasteiger charge is 2.29. The lowest BCUT2D eigenvalue weighted by atomic mass is 9.86. The molecule has 0 radical (unpaired) electrons. The van der Waals surface area contributed by atoms with Crippen LogP contribution in [0.2, 0.25) is 0 Å². The number of carbonyl (C=O) groups is 1. The molecule has 2 aromatic rings. The number of ether oxygens (including phenoxy) is 1. The van der Waals surface area contributed by atoms with Gasteiger partial charge >= 0.3 is 0 Å². The van der Waals surface area contributed by atoms with E-state index in [1.165, 1.54) is 6.07 Å². The molecule has 0 unspecified atom stereocenters. The molecular weight excluding hydrogens is 445 g/mol. The summed E-state index contributed by atoms with van der Waals surface area (Å²) >= 11 is 1.71. The van der Waals surface area contributed by atoms with Gasteiger partial charge in [0.25, 0.3) is 5.56 Å². The summed E-state index contributed by atoms with van der Waals surface area (Å²) in [7, 11) is 0. The number of aromatic amines is 1. The Labute approximate surface area is 197 Å². The van der Waals surface area contributed by atoms with Crippen molar-refractivity contribution in [3.8, 4) is 5.75 Å². The van der Waals surface area contributed by atoms with Gasteiger partial charge in [0.1, 0.15) is 22.8 Å². The van der Waals surface area contributed by atoms with Gasteiger partial charge in [-0.1, -0.05) is 0 Å². The minimum absolute atomic E-state index is 0.0559. The molecule has 0 bridgehead atoms. The molecule has 1 amide bonds. The van der Waals surface area contributed by atoms with Crippen LogP contribution >= 0.6 is 11.8 Å². The number of rotatable bonds is 6. The van der Waals surface area contributed by atoms with Crippen LogP contribution < -0.4 is 10.3 Å². The van der Waals surface area contributed by atoms with Crippen LogP contribution in [-0.4, -0.2) is 56.4 Å². The van der Waals surface area contributed by atoms with E-state index in [-0.39, 0.29) is 11.3 Å². The van der Waals surface area contributed by atoms with Gasteiger partial charge in [0.2, 0.25) is 5.91 Å². The summed E-state index contributed by atoms with van der Waals surface area (Å²) in [5, 5.41) is 10.5. The van der Waals surface area contributed by atoms with E-state index in [9.17, 15) is 19.1 Å². The zero-order valence-electron chi connectivity index (χ0n) is 19.2. The molecule has 1 aliphatic heterocycles. The zero-order valence-corrected chi connectivity index (χ0v) is 20.0. The van der Waals surface area contributed by atoms with Crippen LogP contribution in [0, 0.1) is 11.7 Å². The lowest BCUT2D eigenvalue weighted by Gasteiger charge is -2.32. The van der Waals surface area contributed by atoms with Gasteiger partial charge in [0, 0.05) is 37.4 Å². The Morgan fingerprint density at radius 3 is 2.67 bits per heavy atom. The lowest BCUT2D eigenvalue weighted by molar-refractivity contribution is -0.130. The summed E-state index contributed by atoms with van der Waals surface area (Å²) in [5.74, 6) is 1.15. The summed E-state index contributed by atoms with van der Waals surface area (Å²) in [4.78, 5) is 33.0. The molecule has 0 atom stereocenters. The molecule has 0 spiro atoms. The standard InChI is InChI=1S/C24H32FN3O4S/c1-15(29)28-9-5-16(6-10-28)13-32-17-11-19(25)22-20(12-17)26-21(27-23(22)30)14-33-18-3-7-24(2,31)8-4-18/h11-12,16,18,31H,3-10,13-14H2,1-2H3,(H,26,27,30)/t18-,24-. The average molecular weight is 478 g/mol. The number of carbonyl (C=O) groups excluding carboxylic acids is 1. The molecule has 1 aromatic carbocycles. The maximum Gasteiger partial charge on any atom is 0.261 e. The van der Waals surface area contributed by atoms with E-state index in [4.69, 9.17) is 4.74 Å². The number of aliphatic hydroxyl groups is 1. The van der Waals surface area contributed by atoms with E-state index < -0.39 is 17.0 Å². The number of hydrogen-bond acceptors (Lipinski definition) is 6. The van der Waals surface area contributed by atoms with Crippen LogP contribution in [0.15, 0.2) is 16.9 Å². The van der Waals surface area contributed by atoms with Crippen molar-refractivity contribution in [3.63, 3.8) is 0 Å². The van der Waals surface area contributed by atoms with E-state index in [0.717, 1.165) is 38.5 Å². The maximum atomic E-state index is 14.7. The second kappa shape index (κ2) is 10.0. The van der Waals surface area contributed by atoms with Crippen molar-refractivity contribution >= 4 is 28.6 Å². The molecule has 2 fully saturated rings. The van der Waals surface area contributed by atoms with Gasteiger partial charge in [-0.15, -0.1) is 0 Å². The summed E-state index contributed by atoms with van der Waals surface area (Å²) in [6.45, 7) is 5.32. The van der Waals surface area contributed by atoms with Crippen molar-refractivity contribution < 1.29 is 19.0 Å². The number of H-pyrrole nitrogens is 1. The van der Waals surface area contributed by atoms with Gasteiger partial charge in [-0.3, -0.25) is 9.59 Å². The quantitative estimate of drug-likeness (QED) is 0.660. The van der Waals surface area contributed by atoms with Crippen LogP contribution in [0.3, 0.4) is 0 Å². The second-order valence-corrected chi connectivity index (χ2v) is 10.9. The van der Waals surface area contributed by atoms with Gasteiger partial charge in [0.15, 0.2) is 0 Å². The first-order chi connectivity index (χ1) is 15.7. The molecule has 1 aliphatic carbocycles. The number of aromatic nitrogens is 2. The van der Waals surface area contributed by atoms with Gasteiger partial charge in [-0.25, -0.2) is 9.37 Å². The fourth-order valence-corrected chi connectivity index (χ4v) is 5.70. The number of thioether (sulfide) groups is 1. The molecular formula is C24H32FN3O4S. The van der Waals surface area contributed by atoms with Crippen LogP contribution in [0.25, 0.3) is 10.9 Å². The van der Waals surface area contributed by atoms with E-state index >= 15 is 0 Å². The zero-order chi connectivity index (χ0) is 23.6. The maximum absolute atomic E-state index is 14.7. The Morgan fingerprint density at radius 2 is 2.00 bits per heavy atom. The van der Waals surface area contributed by atoms with E-state index in [2.05, 4.69) is 9.97 Å². The van der Waals surface area contributed by atoms with Gasteiger partial charge in [0.05, 0.1) is 23.5 Å². The van der Waals surface area contributed by atoms with Gasteiger partial charge in [-0.2, -0.15) is 11.8 Å². The molecule has 33 heavy (non-hydrogen) atoms. The molecule has 1 saturated carbocycles. The normalized spacial score (nSPS) is 24.2. The summed E-state index contributed by atoms with van der Waals surface area (Å²) in [6.07, 6.45) is 5.09. The first-order valence-electron chi connectivity index (χ1n) is 11.6. The van der Waals surface area contributed by atoms with Gasteiger partial charge in [-0.05, 0) is 51.4 Å². The third-order valence-electron chi connectivity index (χ3n) is 6.79. The van der Waals surface area contributed by atoms with Crippen molar-refractivity contribution in [1.82, 2.24) is 14.9 Å². The number of amides is 1. The SMILES string of the molecule is CC(=O)N1CCC(COc2cc(F)c3c(=O)[nH]c(CS[C@H]4CC[C@](C)(O)CC4)nc3c2)CC1. The van der Waals surface area contributed by atoms with Crippen LogP contribution in [0.4, 0.5) is 4.39 Å². The smallest absolute Gasteiger partial charge is 0.261 e. The third-order valence-corrected chi connectivity index (χ3v) is 8.18. The summed E-state index contributed by atoms with van der Waals surface area (Å²) in [6, 6.07) is 2.87. The second-order valence-electron chi connectivity index (χ2n) is 9.58. The molecule has 2 N–H and O–H groups in total. The molecule has 4 rings (SSSR count). The Balaban J connectivity index is 1.40. The molecule has 1 saturated heterocycles. The number of benzene rings is 1. The van der Waals surface area contributed by atoms with Crippen LogP contribution in [-0.2, 0) is 10.5 Å². The largest absolute Gasteiger partial charge is 0.493 e. The summed E-state index contributed by atoms with van der Waals surface area (Å²) in [5.41, 5.74) is -0.768. The number of halogens is 1. The van der Waals surface area contributed by atoms with Gasteiger partial charge < -0.3 is 19.7 Å². The minimum Gasteiger partial charge on any atom is -0.493 e.